The van der Waals surface area contributed by atoms with Crippen LogP contribution in [0.4, 0.5) is 0 Å². The van der Waals surface area contributed by atoms with Crippen molar-refractivity contribution in [2.75, 3.05) is 0 Å². The highest BCUT2D eigenvalue weighted by Crippen LogP contribution is 2.27. The van der Waals surface area contributed by atoms with E-state index in [2.05, 4.69) is 10.1 Å². The minimum atomic E-state index is -3.41. The van der Waals surface area contributed by atoms with Crippen LogP contribution in [-0.4, -0.2) is 18.6 Å². The third-order valence-corrected chi connectivity index (χ3v) is 6.16. The smallest absolute Gasteiger partial charge is 0.245 e. The highest BCUT2D eigenvalue weighted by Gasteiger charge is 2.28. The van der Waals surface area contributed by atoms with Gasteiger partial charge in [0.25, 0.3) is 0 Å². The van der Waals surface area contributed by atoms with Gasteiger partial charge < -0.3 is 4.52 Å². The van der Waals surface area contributed by atoms with Crippen molar-refractivity contribution in [3.05, 3.63) is 59.3 Å². The van der Waals surface area contributed by atoms with Crippen LogP contribution in [0.5, 0.6) is 0 Å². The Kier molecular flexibility index (Phi) is 4.08. The zero-order valence-electron chi connectivity index (χ0n) is 11.8. The van der Waals surface area contributed by atoms with Crippen molar-refractivity contribution < 1.29 is 12.9 Å². The highest BCUT2D eigenvalue weighted by atomic mass is 32.2. The van der Waals surface area contributed by atoms with E-state index in [0.29, 0.717) is 5.82 Å². The molecule has 0 N–H and O–H groups in total. The van der Waals surface area contributed by atoms with Crippen molar-refractivity contribution in [1.82, 2.24) is 10.1 Å². The van der Waals surface area contributed by atoms with Crippen LogP contribution in [0.25, 0.3) is 10.7 Å². The lowest BCUT2D eigenvalue weighted by Gasteiger charge is -2.08. The Bertz CT molecular complexity index is 840. The quantitative estimate of drug-likeness (QED) is 0.714. The Hall–Kier alpha value is -1.99. The van der Waals surface area contributed by atoms with E-state index in [-0.39, 0.29) is 11.6 Å². The van der Waals surface area contributed by atoms with E-state index in [9.17, 15) is 8.42 Å². The molecular formula is C15H14N2O3S2. The molecule has 7 heteroatoms. The summed E-state index contributed by atoms with van der Waals surface area (Å²) in [5, 5.41) is 4.92. The average Bonchev–Trinajstić information content (AvgIpc) is 3.18. The van der Waals surface area contributed by atoms with Crippen LogP contribution >= 0.6 is 11.3 Å². The molecule has 0 spiro atoms. The van der Waals surface area contributed by atoms with E-state index in [4.69, 9.17) is 4.52 Å². The highest BCUT2D eigenvalue weighted by molar-refractivity contribution is 7.90. The van der Waals surface area contributed by atoms with Crippen molar-refractivity contribution in [1.29, 1.82) is 0 Å². The van der Waals surface area contributed by atoms with Crippen molar-refractivity contribution >= 4 is 21.2 Å². The molecule has 2 heterocycles. The minimum absolute atomic E-state index is 0.0499. The van der Waals surface area contributed by atoms with E-state index < -0.39 is 15.1 Å². The van der Waals surface area contributed by atoms with Gasteiger partial charge in [0.1, 0.15) is 5.25 Å². The predicted octanol–water partition coefficient (Wildman–Crippen LogP) is 3.47. The lowest BCUT2D eigenvalue weighted by molar-refractivity contribution is 0.377. The molecule has 0 aliphatic carbocycles. The standard InChI is InChI=1S/C15H14N2O3S2/c1-11(22(18,19)10-12-6-3-2-4-7-12)15-16-14(17-20-15)13-8-5-9-21-13/h2-9,11H,10H2,1H3/t11-/m1/s1. The van der Waals surface area contributed by atoms with Crippen LogP contribution in [0.2, 0.25) is 0 Å². The van der Waals surface area contributed by atoms with Gasteiger partial charge in [-0.1, -0.05) is 41.6 Å². The molecule has 0 radical (unpaired) electrons. The first-order valence-corrected chi connectivity index (χ1v) is 9.29. The Morgan fingerprint density at radius 3 is 2.64 bits per heavy atom. The zero-order chi connectivity index (χ0) is 15.6. The lowest BCUT2D eigenvalue weighted by atomic mass is 10.2. The van der Waals surface area contributed by atoms with Gasteiger partial charge in [-0.2, -0.15) is 4.98 Å². The van der Waals surface area contributed by atoms with Crippen LogP contribution < -0.4 is 0 Å². The summed E-state index contributed by atoms with van der Waals surface area (Å²) >= 11 is 1.48. The molecule has 0 aliphatic heterocycles. The SMILES string of the molecule is C[C@H](c1nc(-c2cccs2)no1)S(=O)(=O)Cc1ccccc1. The number of thiophene rings is 1. The second kappa shape index (κ2) is 6.02. The number of aromatic nitrogens is 2. The molecule has 0 fully saturated rings. The van der Waals surface area contributed by atoms with Gasteiger partial charge in [0, 0.05) is 0 Å². The second-order valence-electron chi connectivity index (χ2n) is 4.87. The molecule has 1 atom stereocenters. The van der Waals surface area contributed by atoms with Gasteiger partial charge in [-0.05, 0) is 23.9 Å². The molecule has 3 aromatic rings. The first-order valence-electron chi connectivity index (χ1n) is 6.69. The molecular weight excluding hydrogens is 320 g/mol. The fourth-order valence-corrected chi connectivity index (χ4v) is 3.95. The second-order valence-corrected chi connectivity index (χ2v) is 8.14. The van der Waals surface area contributed by atoms with Gasteiger partial charge in [-0.3, -0.25) is 0 Å². The fourth-order valence-electron chi connectivity index (χ4n) is 1.99. The summed E-state index contributed by atoms with van der Waals surface area (Å²) in [4.78, 5) is 5.06. The maximum atomic E-state index is 12.5. The number of benzene rings is 1. The molecule has 0 aliphatic rings. The Labute approximate surface area is 132 Å². The molecule has 0 bridgehead atoms. The maximum Gasteiger partial charge on any atom is 0.245 e. The Balaban J connectivity index is 1.82. The van der Waals surface area contributed by atoms with Gasteiger partial charge in [0.2, 0.25) is 11.7 Å². The summed E-state index contributed by atoms with van der Waals surface area (Å²) < 4.78 is 30.1. The Morgan fingerprint density at radius 2 is 1.95 bits per heavy atom. The fraction of sp³-hybridized carbons (Fsp3) is 0.200. The molecule has 2 aromatic heterocycles. The van der Waals surface area contributed by atoms with Crippen molar-refractivity contribution in [3.63, 3.8) is 0 Å². The van der Waals surface area contributed by atoms with Gasteiger partial charge in [-0.25, -0.2) is 8.42 Å². The molecule has 1 aromatic carbocycles. The number of hydrogen-bond acceptors (Lipinski definition) is 6. The van der Waals surface area contributed by atoms with Gasteiger partial charge in [0.05, 0.1) is 10.6 Å². The molecule has 0 amide bonds. The van der Waals surface area contributed by atoms with Gasteiger partial charge in [0.15, 0.2) is 9.84 Å². The summed E-state index contributed by atoms with van der Waals surface area (Å²) in [5.74, 6) is 0.497. The number of nitrogens with zero attached hydrogens (tertiary/aromatic N) is 2. The first-order chi connectivity index (χ1) is 10.6. The van der Waals surface area contributed by atoms with Crippen molar-refractivity contribution in [2.45, 2.75) is 17.9 Å². The number of hydrogen-bond donors (Lipinski definition) is 0. The van der Waals surface area contributed by atoms with Crippen LogP contribution in [0.1, 0.15) is 23.6 Å². The topological polar surface area (TPSA) is 73.1 Å². The normalized spacial score (nSPS) is 13.1. The Morgan fingerprint density at radius 1 is 1.18 bits per heavy atom. The number of sulfone groups is 1. The maximum absolute atomic E-state index is 12.5. The van der Waals surface area contributed by atoms with E-state index in [1.165, 1.54) is 11.3 Å². The molecule has 0 saturated heterocycles. The molecule has 114 valence electrons. The summed E-state index contributed by atoms with van der Waals surface area (Å²) in [6.45, 7) is 1.57. The van der Waals surface area contributed by atoms with E-state index in [1.807, 2.05) is 35.7 Å². The van der Waals surface area contributed by atoms with Crippen LogP contribution in [0.15, 0.2) is 52.4 Å². The third kappa shape index (κ3) is 3.10. The van der Waals surface area contributed by atoms with E-state index in [1.54, 1.807) is 19.1 Å². The van der Waals surface area contributed by atoms with Crippen molar-refractivity contribution in [3.8, 4) is 10.7 Å². The third-order valence-electron chi connectivity index (χ3n) is 3.28. The largest absolute Gasteiger partial charge is 0.338 e. The van der Waals surface area contributed by atoms with E-state index >= 15 is 0 Å². The van der Waals surface area contributed by atoms with Crippen LogP contribution in [0.3, 0.4) is 0 Å². The minimum Gasteiger partial charge on any atom is -0.338 e. The molecule has 0 saturated carbocycles. The summed E-state index contributed by atoms with van der Waals surface area (Å²) in [7, 11) is -3.41. The average molecular weight is 334 g/mol. The summed E-state index contributed by atoms with van der Waals surface area (Å²) in [5.41, 5.74) is 0.743. The van der Waals surface area contributed by atoms with Crippen LogP contribution in [-0.2, 0) is 15.6 Å². The number of rotatable bonds is 5. The van der Waals surface area contributed by atoms with Gasteiger partial charge >= 0.3 is 0 Å². The van der Waals surface area contributed by atoms with Crippen LogP contribution in [0, 0.1) is 0 Å². The first kappa shape index (κ1) is 14.9. The zero-order valence-corrected chi connectivity index (χ0v) is 13.5. The molecule has 3 rings (SSSR count). The lowest BCUT2D eigenvalue weighted by Crippen LogP contribution is -2.13. The summed E-state index contributed by atoms with van der Waals surface area (Å²) in [6.07, 6.45) is 0. The summed E-state index contributed by atoms with van der Waals surface area (Å²) in [6, 6.07) is 12.8. The molecule has 5 nitrogen and oxygen atoms in total. The molecule has 22 heavy (non-hydrogen) atoms. The molecule has 0 unspecified atom stereocenters. The van der Waals surface area contributed by atoms with E-state index in [0.717, 1.165) is 10.4 Å². The van der Waals surface area contributed by atoms with Crippen molar-refractivity contribution in [2.24, 2.45) is 0 Å². The van der Waals surface area contributed by atoms with Gasteiger partial charge in [-0.15, -0.1) is 11.3 Å². The monoisotopic (exact) mass is 334 g/mol. The predicted molar refractivity (Wildman–Crippen MR) is 85.1 cm³/mol.